The first-order chi connectivity index (χ1) is 9.45. The summed E-state index contributed by atoms with van der Waals surface area (Å²) >= 11 is 0. The lowest BCUT2D eigenvalue weighted by molar-refractivity contribution is 0.0913. The van der Waals surface area contributed by atoms with Crippen molar-refractivity contribution in [2.45, 2.75) is 40.2 Å². The van der Waals surface area contributed by atoms with Crippen LogP contribution in [0.2, 0.25) is 0 Å². The molecular weight excluding hydrogens is 250 g/mol. The molecule has 0 aliphatic rings. The van der Waals surface area contributed by atoms with E-state index in [1.807, 2.05) is 38.2 Å². The number of carbonyl (C=O) groups excluding carboxylic acids is 1. The number of hydrogen-bond acceptors (Lipinski definition) is 3. The van der Waals surface area contributed by atoms with Gasteiger partial charge < -0.3 is 4.74 Å². The summed E-state index contributed by atoms with van der Waals surface area (Å²) in [6.07, 6.45) is 1.09. The van der Waals surface area contributed by atoms with E-state index in [1.165, 1.54) is 0 Å². The summed E-state index contributed by atoms with van der Waals surface area (Å²) in [7, 11) is 2.01. The third-order valence-electron chi connectivity index (χ3n) is 3.45. The number of ether oxygens (including phenoxy) is 1. The summed E-state index contributed by atoms with van der Waals surface area (Å²) in [6, 6.07) is 7.88. The van der Waals surface area contributed by atoms with Gasteiger partial charge in [0.25, 0.3) is 0 Å². The van der Waals surface area contributed by atoms with E-state index >= 15 is 0 Å². The smallest absolute Gasteiger partial charge is 0.180 e. The lowest BCUT2D eigenvalue weighted by Gasteiger charge is -2.25. The van der Waals surface area contributed by atoms with E-state index in [4.69, 9.17) is 4.74 Å². The zero-order chi connectivity index (χ0) is 15.1. The van der Waals surface area contributed by atoms with E-state index < -0.39 is 0 Å². The van der Waals surface area contributed by atoms with Gasteiger partial charge >= 0.3 is 0 Å². The van der Waals surface area contributed by atoms with Gasteiger partial charge in [-0.2, -0.15) is 0 Å². The molecule has 0 fully saturated rings. The van der Waals surface area contributed by atoms with Crippen LogP contribution >= 0.6 is 0 Å². The molecule has 0 heterocycles. The zero-order valence-electron chi connectivity index (χ0n) is 13.3. The number of carbonyl (C=O) groups is 1. The summed E-state index contributed by atoms with van der Waals surface area (Å²) in [5.41, 5.74) is 0.679. The molecule has 3 heteroatoms. The third-order valence-corrected chi connectivity index (χ3v) is 3.45. The van der Waals surface area contributed by atoms with Crippen LogP contribution in [0.5, 0.6) is 5.75 Å². The molecule has 1 rings (SSSR count). The molecule has 0 aliphatic heterocycles. The number of Topliss-reactive ketones (excluding diaryl/α,β-unsaturated/α-hetero) is 1. The van der Waals surface area contributed by atoms with Crippen LogP contribution in [-0.4, -0.2) is 36.9 Å². The van der Waals surface area contributed by atoms with Crippen molar-refractivity contribution in [3.63, 3.8) is 0 Å². The van der Waals surface area contributed by atoms with Gasteiger partial charge in [-0.05, 0) is 45.4 Å². The summed E-state index contributed by atoms with van der Waals surface area (Å²) in [5, 5.41) is 0. The van der Waals surface area contributed by atoms with Crippen molar-refractivity contribution in [1.29, 1.82) is 0 Å². The summed E-state index contributed by atoms with van der Waals surface area (Å²) in [6.45, 7) is 9.51. The molecule has 0 bridgehead atoms. The number of rotatable bonds is 8. The summed E-state index contributed by atoms with van der Waals surface area (Å²) in [5.74, 6) is 1.44. The van der Waals surface area contributed by atoms with Crippen molar-refractivity contribution in [2.24, 2.45) is 5.92 Å². The van der Waals surface area contributed by atoms with Gasteiger partial charge in [-0.1, -0.05) is 26.0 Å². The molecule has 0 radical (unpaired) electrons. The van der Waals surface area contributed by atoms with Gasteiger partial charge in [-0.25, -0.2) is 0 Å². The van der Waals surface area contributed by atoms with Gasteiger partial charge in [0.2, 0.25) is 0 Å². The van der Waals surface area contributed by atoms with Crippen LogP contribution in [0.3, 0.4) is 0 Å². The van der Waals surface area contributed by atoms with Gasteiger partial charge in [0.1, 0.15) is 5.75 Å². The molecule has 0 aromatic heterocycles. The molecule has 0 aliphatic carbocycles. The molecule has 3 nitrogen and oxygen atoms in total. The molecule has 1 unspecified atom stereocenters. The van der Waals surface area contributed by atoms with Crippen molar-refractivity contribution in [3.05, 3.63) is 29.8 Å². The maximum absolute atomic E-state index is 12.4. The van der Waals surface area contributed by atoms with Gasteiger partial charge in [0, 0.05) is 6.04 Å². The highest BCUT2D eigenvalue weighted by atomic mass is 16.5. The first-order valence-electron chi connectivity index (χ1n) is 7.41. The molecule has 0 N–H and O–H groups in total. The van der Waals surface area contributed by atoms with E-state index in [-0.39, 0.29) is 5.78 Å². The normalized spacial score (nSPS) is 12.8. The minimum atomic E-state index is 0.118. The van der Waals surface area contributed by atoms with Crippen molar-refractivity contribution in [3.8, 4) is 5.75 Å². The fourth-order valence-corrected chi connectivity index (χ4v) is 2.31. The van der Waals surface area contributed by atoms with Crippen LogP contribution < -0.4 is 4.74 Å². The van der Waals surface area contributed by atoms with Crippen molar-refractivity contribution < 1.29 is 9.53 Å². The monoisotopic (exact) mass is 277 g/mol. The topological polar surface area (TPSA) is 29.5 Å². The van der Waals surface area contributed by atoms with E-state index in [1.54, 1.807) is 0 Å². The number of benzene rings is 1. The molecule has 1 aromatic carbocycles. The van der Waals surface area contributed by atoms with Crippen LogP contribution in [0.4, 0.5) is 0 Å². The van der Waals surface area contributed by atoms with Crippen LogP contribution in [0.1, 0.15) is 44.5 Å². The summed E-state index contributed by atoms with van der Waals surface area (Å²) < 4.78 is 5.53. The Balaban J connectivity index is 2.71. The first kappa shape index (κ1) is 16.7. The minimum absolute atomic E-state index is 0.118. The Hall–Kier alpha value is -1.35. The zero-order valence-corrected chi connectivity index (χ0v) is 13.3. The number of ketones is 1. The Morgan fingerprint density at radius 1 is 1.25 bits per heavy atom. The lowest BCUT2D eigenvalue weighted by atomic mass is 10.0. The number of para-hydroxylation sites is 1. The standard InChI is InChI=1S/C17H27NO2/c1-6-20-17-10-8-7-9-15(17)16(19)12-18(5)14(4)11-13(2)3/h7-10,13-14H,6,11-12H2,1-5H3. The molecule has 20 heavy (non-hydrogen) atoms. The van der Waals surface area contributed by atoms with Crippen molar-refractivity contribution in [2.75, 3.05) is 20.2 Å². The molecule has 0 amide bonds. The molecule has 0 saturated carbocycles. The first-order valence-corrected chi connectivity index (χ1v) is 7.41. The lowest BCUT2D eigenvalue weighted by Crippen LogP contribution is -2.34. The van der Waals surface area contributed by atoms with Gasteiger partial charge in [-0.3, -0.25) is 9.69 Å². The van der Waals surface area contributed by atoms with Crippen LogP contribution in [0.15, 0.2) is 24.3 Å². The number of nitrogens with zero attached hydrogens (tertiary/aromatic N) is 1. The second kappa shape index (κ2) is 8.05. The van der Waals surface area contributed by atoms with E-state index in [0.717, 1.165) is 6.42 Å². The Morgan fingerprint density at radius 3 is 2.50 bits per heavy atom. The molecule has 1 atom stereocenters. The largest absolute Gasteiger partial charge is 0.493 e. The van der Waals surface area contributed by atoms with Crippen molar-refractivity contribution >= 4 is 5.78 Å². The average molecular weight is 277 g/mol. The Bertz CT molecular complexity index is 429. The minimum Gasteiger partial charge on any atom is -0.493 e. The van der Waals surface area contributed by atoms with Gasteiger partial charge in [-0.15, -0.1) is 0 Å². The Kier molecular flexibility index (Phi) is 6.73. The van der Waals surface area contributed by atoms with Crippen LogP contribution in [-0.2, 0) is 0 Å². The Morgan fingerprint density at radius 2 is 1.90 bits per heavy atom. The highest BCUT2D eigenvalue weighted by molar-refractivity contribution is 6.00. The van der Waals surface area contributed by atoms with E-state index in [2.05, 4.69) is 25.7 Å². The second-order valence-corrected chi connectivity index (χ2v) is 5.75. The molecular formula is C17H27NO2. The average Bonchev–Trinajstić information content (AvgIpc) is 2.38. The molecule has 0 spiro atoms. The van der Waals surface area contributed by atoms with Crippen molar-refractivity contribution in [1.82, 2.24) is 4.90 Å². The summed E-state index contributed by atoms with van der Waals surface area (Å²) in [4.78, 5) is 14.5. The Labute approximate surface area is 122 Å². The maximum Gasteiger partial charge on any atom is 0.180 e. The SMILES string of the molecule is CCOc1ccccc1C(=O)CN(C)C(C)CC(C)C. The number of hydrogen-bond donors (Lipinski definition) is 0. The third kappa shape index (κ3) is 4.97. The second-order valence-electron chi connectivity index (χ2n) is 5.75. The van der Waals surface area contributed by atoms with E-state index in [9.17, 15) is 4.79 Å². The molecule has 0 saturated heterocycles. The maximum atomic E-state index is 12.4. The van der Waals surface area contributed by atoms with Crippen LogP contribution in [0, 0.1) is 5.92 Å². The van der Waals surface area contributed by atoms with E-state index in [0.29, 0.717) is 36.4 Å². The predicted octanol–water partition coefficient (Wildman–Crippen LogP) is 3.63. The molecule has 112 valence electrons. The van der Waals surface area contributed by atoms with Gasteiger partial charge in [0.15, 0.2) is 5.78 Å². The van der Waals surface area contributed by atoms with Crippen LogP contribution in [0.25, 0.3) is 0 Å². The quantitative estimate of drug-likeness (QED) is 0.679. The van der Waals surface area contributed by atoms with Gasteiger partial charge in [0.05, 0.1) is 18.7 Å². The highest BCUT2D eigenvalue weighted by Crippen LogP contribution is 2.19. The number of likely N-dealkylation sites (N-methyl/N-ethyl adjacent to an activating group) is 1. The highest BCUT2D eigenvalue weighted by Gasteiger charge is 2.17. The molecule has 1 aromatic rings. The fraction of sp³-hybridized carbons (Fsp3) is 0.588. The predicted molar refractivity (Wildman–Crippen MR) is 83.5 cm³/mol. The fourth-order valence-electron chi connectivity index (χ4n) is 2.31.